The molecule has 19 heavy (non-hydrogen) atoms. The Labute approximate surface area is 112 Å². The molecule has 1 N–H and O–H groups in total. The normalized spacial score (nSPS) is 14.9. The van der Waals surface area contributed by atoms with E-state index >= 15 is 0 Å². The van der Waals surface area contributed by atoms with Crippen molar-refractivity contribution >= 4 is 17.7 Å². The molecule has 1 aliphatic rings. The summed E-state index contributed by atoms with van der Waals surface area (Å²) in [6.45, 7) is 1.62. The first-order valence-corrected chi connectivity index (χ1v) is 6.45. The second-order valence-electron chi connectivity index (χ2n) is 4.55. The molecule has 0 bridgehead atoms. The number of esters is 1. The summed E-state index contributed by atoms with van der Waals surface area (Å²) in [4.78, 5) is 25.1. The first kappa shape index (κ1) is 13.4. The van der Waals surface area contributed by atoms with E-state index in [0.29, 0.717) is 11.3 Å². The van der Waals surface area contributed by atoms with E-state index in [1.165, 1.54) is 13.5 Å². The lowest BCUT2D eigenvalue weighted by atomic mass is 10.1. The highest BCUT2D eigenvalue weighted by atomic mass is 16.5. The van der Waals surface area contributed by atoms with Gasteiger partial charge in [-0.3, -0.25) is 0 Å². The minimum atomic E-state index is -0.381. The van der Waals surface area contributed by atoms with E-state index in [9.17, 15) is 9.59 Å². The molecular formula is C14H18N2O3. The van der Waals surface area contributed by atoms with Gasteiger partial charge in [0.1, 0.15) is 0 Å². The van der Waals surface area contributed by atoms with Crippen molar-refractivity contribution < 1.29 is 14.3 Å². The monoisotopic (exact) mass is 262 g/mol. The van der Waals surface area contributed by atoms with Gasteiger partial charge in [-0.25, -0.2) is 9.59 Å². The van der Waals surface area contributed by atoms with E-state index in [-0.39, 0.29) is 12.0 Å². The van der Waals surface area contributed by atoms with Crippen LogP contribution in [0.25, 0.3) is 0 Å². The highest BCUT2D eigenvalue weighted by Gasteiger charge is 2.16. The Hall–Kier alpha value is -2.04. The summed E-state index contributed by atoms with van der Waals surface area (Å²) >= 11 is 0. The van der Waals surface area contributed by atoms with E-state index in [4.69, 9.17) is 0 Å². The number of carbonyl (C=O) groups excluding carboxylic acids is 2. The molecule has 5 nitrogen and oxygen atoms in total. The lowest BCUT2D eigenvalue weighted by Gasteiger charge is -2.26. The molecule has 0 radical (unpaired) electrons. The molecule has 1 fully saturated rings. The Kier molecular flexibility index (Phi) is 4.39. The minimum Gasteiger partial charge on any atom is -0.465 e. The summed E-state index contributed by atoms with van der Waals surface area (Å²) in [7, 11) is 1.34. The SMILES string of the molecule is COC(=O)c1ccc(NC(=O)N2CCCCC2)cc1. The Morgan fingerprint density at radius 1 is 1.11 bits per heavy atom. The molecule has 1 heterocycles. The van der Waals surface area contributed by atoms with E-state index in [1.54, 1.807) is 24.3 Å². The molecule has 0 atom stereocenters. The van der Waals surface area contributed by atoms with E-state index in [2.05, 4.69) is 10.1 Å². The molecule has 2 amide bonds. The van der Waals surface area contributed by atoms with Gasteiger partial charge < -0.3 is 15.0 Å². The third-order valence-corrected chi connectivity index (χ3v) is 3.20. The average molecular weight is 262 g/mol. The van der Waals surface area contributed by atoms with Gasteiger partial charge in [0.25, 0.3) is 0 Å². The predicted octanol–water partition coefficient (Wildman–Crippen LogP) is 2.49. The molecule has 0 unspecified atom stereocenters. The Morgan fingerprint density at radius 2 is 1.74 bits per heavy atom. The van der Waals surface area contributed by atoms with Gasteiger partial charge in [0.15, 0.2) is 0 Å². The number of piperidine rings is 1. The van der Waals surface area contributed by atoms with Crippen molar-refractivity contribution in [1.29, 1.82) is 0 Å². The first-order valence-electron chi connectivity index (χ1n) is 6.45. The van der Waals surface area contributed by atoms with Crippen LogP contribution in [0.4, 0.5) is 10.5 Å². The van der Waals surface area contributed by atoms with Crippen LogP contribution in [0.15, 0.2) is 24.3 Å². The van der Waals surface area contributed by atoms with Gasteiger partial charge in [-0.15, -0.1) is 0 Å². The van der Waals surface area contributed by atoms with Crippen LogP contribution in [0.2, 0.25) is 0 Å². The van der Waals surface area contributed by atoms with E-state index in [1.807, 2.05) is 4.90 Å². The highest BCUT2D eigenvalue weighted by Crippen LogP contribution is 2.13. The number of methoxy groups -OCH3 is 1. The summed E-state index contributed by atoms with van der Waals surface area (Å²) in [5, 5.41) is 2.83. The fourth-order valence-corrected chi connectivity index (χ4v) is 2.11. The van der Waals surface area contributed by atoms with Gasteiger partial charge in [0.05, 0.1) is 12.7 Å². The zero-order valence-corrected chi connectivity index (χ0v) is 11.0. The largest absolute Gasteiger partial charge is 0.465 e. The van der Waals surface area contributed by atoms with Crippen LogP contribution < -0.4 is 5.32 Å². The van der Waals surface area contributed by atoms with E-state index < -0.39 is 0 Å². The maximum Gasteiger partial charge on any atom is 0.337 e. The summed E-state index contributed by atoms with van der Waals surface area (Å²) in [6, 6.07) is 6.60. The second kappa shape index (κ2) is 6.22. The van der Waals surface area contributed by atoms with Crippen LogP contribution in [-0.2, 0) is 4.74 Å². The first-order chi connectivity index (χ1) is 9.20. The number of urea groups is 1. The van der Waals surface area contributed by atoms with Crippen molar-refractivity contribution in [3.63, 3.8) is 0 Å². The van der Waals surface area contributed by atoms with Crippen LogP contribution in [0, 0.1) is 0 Å². The van der Waals surface area contributed by atoms with Crippen LogP contribution in [0.1, 0.15) is 29.6 Å². The lowest BCUT2D eigenvalue weighted by molar-refractivity contribution is 0.0601. The zero-order chi connectivity index (χ0) is 13.7. The number of hydrogen-bond donors (Lipinski definition) is 1. The molecule has 2 rings (SSSR count). The van der Waals surface area contributed by atoms with Gasteiger partial charge in [-0.2, -0.15) is 0 Å². The zero-order valence-electron chi connectivity index (χ0n) is 11.0. The predicted molar refractivity (Wildman–Crippen MR) is 72.2 cm³/mol. The van der Waals surface area contributed by atoms with E-state index in [0.717, 1.165) is 25.9 Å². The number of carbonyl (C=O) groups is 2. The van der Waals surface area contributed by atoms with Crippen LogP contribution in [0.3, 0.4) is 0 Å². The summed E-state index contributed by atoms with van der Waals surface area (Å²) in [5.74, 6) is -0.381. The fourth-order valence-electron chi connectivity index (χ4n) is 2.11. The topological polar surface area (TPSA) is 58.6 Å². The van der Waals surface area contributed by atoms with Crippen LogP contribution >= 0.6 is 0 Å². The standard InChI is InChI=1S/C14H18N2O3/c1-19-13(17)11-5-7-12(8-6-11)15-14(18)16-9-3-2-4-10-16/h5-8H,2-4,9-10H2,1H3,(H,15,18). The quantitative estimate of drug-likeness (QED) is 0.833. The second-order valence-corrected chi connectivity index (χ2v) is 4.55. The van der Waals surface area contributed by atoms with Crippen molar-refractivity contribution in [3.8, 4) is 0 Å². The van der Waals surface area contributed by atoms with Gasteiger partial charge in [0.2, 0.25) is 0 Å². The van der Waals surface area contributed by atoms with Crippen molar-refractivity contribution in [3.05, 3.63) is 29.8 Å². The summed E-state index contributed by atoms with van der Waals surface area (Å²) in [6.07, 6.45) is 3.32. The van der Waals surface area contributed by atoms with Gasteiger partial charge >= 0.3 is 12.0 Å². The van der Waals surface area contributed by atoms with Crippen LogP contribution in [-0.4, -0.2) is 37.1 Å². The number of hydrogen-bond acceptors (Lipinski definition) is 3. The smallest absolute Gasteiger partial charge is 0.337 e. The fraction of sp³-hybridized carbons (Fsp3) is 0.429. The third kappa shape index (κ3) is 3.47. The number of ether oxygens (including phenoxy) is 1. The lowest BCUT2D eigenvalue weighted by Crippen LogP contribution is -2.38. The summed E-state index contributed by atoms with van der Waals surface area (Å²) < 4.78 is 4.62. The molecule has 0 spiro atoms. The third-order valence-electron chi connectivity index (χ3n) is 3.20. The molecule has 0 saturated carbocycles. The maximum atomic E-state index is 12.0. The molecule has 1 aromatic carbocycles. The molecule has 1 aromatic rings. The summed E-state index contributed by atoms with van der Waals surface area (Å²) in [5.41, 5.74) is 1.15. The minimum absolute atomic E-state index is 0.0782. The number of anilines is 1. The number of amides is 2. The van der Waals surface area contributed by atoms with Crippen molar-refractivity contribution in [2.45, 2.75) is 19.3 Å². The molecule has 0 aliphatic carbocycles. The van der Waals surface area contributed by atoms with Crippen molar-refractivity contribution in [1.82, 2.24) is 4.90 Å². The maximum absolute atomic E-state index is 12.0. The van der Waals surface area contributed by atoms with Gasteiger partial charge in [-0.1, -0.05) is 0 Å². The van der Waals surface area contributed by atoms with Gasteiger partial charge in [0, 0.05) is 18.8 Å². The number of benzene rings is 1. The number of nitrogens with zero attached hydrogens (tertiary/aromatic N) is 1. The number of likely N-dealkylation sites (tertiary alicyclic amines) is 1. The molecule has 5 heteroatoms. The Morgan fingerprint density at radius 3 is 2.32 bits per heavy atom. The van der Waals surface area contributed by atoms with Crippen molar-refractivity contribution in [2.75, 3.05) is 25.5 Å². The van der Waals surface area contributed by atoms with Crippen molar-refractivity contribution in [2.24, 2.45) is 0 Å². The molecular weight excluding hydrogens is 244 g/mol. The Bertz CT molecular complexity index is 450. The van der Waals surface area contributed by atoms with Crippen LogP contribution in [0.5, 0.6) is 0 Å². The number of nitrogens with one attached hydrogen (secondary N) is 1. The highest BCUT2D eigenvalue weighted by molar-refractivity contribution is 5.92. The average Bonchev–Trinajstić information content (AvgIpc) is 2.48. The molecule has 0 aromatic heterocycles. The van der Waals surface area contributed by atoms with Gasteiger partial charge in [-0.05, 0) is 43.5 Å². The molecule has 1 aliphatic heterocycles. The Balaban J connectivity index is 1.95. The molecule has 1 saturated heterocycles. The molecule has 102 valence electrons. The number of rotatable bonds is 2.